The molecule has 12 heteroatoms. The lowest BCUT2D eigenvalue weighted by atomic mass is 9.77. The fourth-order valence-electron chi connectivity index (χ4n) is 4.01. The minimum Gasteiger partial charge on any atom is -0.506 e. The lowest BCUT2D eigenvalue weighted by Gasteiger charge is -2.39. The predicted molar refractivity (Wildman–Crippen MR) is 161 cm³/mol. The van der Waals surface area contributed by atoms with Gasteiger partial charge in [-0.25, -0.2) is 0 Å². The van der Waals surface area contributed by atoms with Gasteiger partial charge in [-0.15, -0.1) is 0 Å². The molecule has 0 aliphatic carbocycles. The van der Waals surface area contributed by atoms with Crippen molar-refractivity contribution in [2.24, 2.45) is 0 Å². The van der Waals surface area contributed by atoms with E-state index in [1.54, 1.807) is 0 Å². The number of fused-ring (bicyclic) bond motifs is 6. The number of phenols is 2. The van der Waals surface area contributed by atoms with Gasteiger partial charge in [0.25, 0.3) is 0 Å². The first kappa shape index (κ1) is 25.1. The van der Waals surface area contributed by atoms with Crippen LogP contribution in [-0.2, 0) is 16.9 Å². The minimum atomic E-state index is -1.09. The van der Waals surface area contributed by atoms with Crippen molar-refractivity contribution in [3.63, 3.8) is 0 Å². The van der Waals surface area contributed by atoms with Gasteiger partial charge in [0.2, 0.25) is 0 Å². The molecule has 0 amide bonds. The summed E-state index contributed by atoms with van der Waals surface area (Å²) >= 11 is 27.6. The van der Waals surface area contributed by atoms with Gasteiger partial charge in [0.15, 0.2) is 22.8 Å². The average molecular weight is 1050 g/mol. The number of hydrogen-bond donors (Lipinski definition) is 2. The van der Waals surface area contributed by atoms with Crippen LogP contribution in [0.15, 0.2) is 30.0 Å². The van der Waals surface area contributed by atoms with Gasteiger partial charge in [-0.1, -0.05) is 11.6 Å². The average Bonchev–Trinajstić information content (AvgIpc) is 3.16. The fourth-order valence-corrected chi connectivity index (χ4v) is 9.37. The van der Waals surface area contributed by atoms with Crippen molar-refractivity contribution in [1.82, 2.24) is 0 Å². The van der Waals surface area contributed by atoms with Gasteiger partial charge in [-0.3, -0.25) is 0 Å². The molecule has 0 saturated heterocycles. The Hall–Kier alpha value is 1.42. The number of halogens is 8. The first-order valence-electron chi connectivity index (χ1n) is 8.62. The molecule has 32 heavy (non-hydrogen) atoms. The van der Waals surface area contributed by atoms with Crippen molar-refractivity contribution in [2.45, 2.75) is 12.2 Å². The highest BCUT2D eigenvalue weighted by atomic mass is 127. The van der Waals surface area contributed by atoms with E-state index in [1.165, 1.54) is 0 Å². The molecule has 5 rings (SSSR count). The molecule has 2 aliphatic rings. The van der Waals surface area contributed by atoms with E-state index in [0.29, 0.717) is 34.4 Å². The van der Waals surface area contributed by atoms with Crippen LogP contribution >= 0.6 is 143 Å². The van der Waals surface area contributed by atoms with Crippen LogP contribution in [0.1, 0.15) is 22.3 Å². The number of ether oxygens (including phenoxy) is 2. The zero-order chi connectivity index (χ0) is 23.3. The molecule has 2 aliphatic heterocycles. The van der Waals surface area contributed by atoms with Gasteiger partial charge in [-0.05, 0) is 144 Å². The monoisotopic (exact) mass is 1040 g/mol. The van der Waals surface area contributed by atoms with Crippen molar-refractivity contribution in [2.75, 3.05) is 0 Å². The van der Waals surface area contributed by atoms with Gasteiger partial charge >= 0.3 is 0 Å². The normalized spacial score (nSPS) is 18.4. The Bertz CT molecular complexity index is 1320. The molecule has 1 atom stereocenters. The molecule has 1 unspecified atom stereocenters. The van der Waals surface area contributed by atoms with E-state index >= 15 is 0 Å². The second-order valence-corrected chi connectivity index (χ2v) is 13.9. The third kappa shape index (κ3) is 3.33. The molecule has 0 bridgehead atoms. The SMILES string of the molecule is Oc1c(I)cc2c(c1Cl)Oc1c(cc(I)c(O)c1I)C21OCc2c(Br)c(Br)c(Br)c(Br)c21. The molecule has 2 heterocycles. The zero-order valence-corrected chi connectivity index (χ0v) is 28.7. The molecule has 0 saturated carbocycles. The summed E-state index contributed by atoms with van der Waals surface area (Å²) < 4.78 is 18.1. The van der Waals surface area contributed by atoms with E-state index in [2.05, 4.69) is 109 Å². The Kier molecular flexibility index (Phi) is 6.87. The molecule has 2 N–H and O–H groups in total. The zero-order valence-electron chi connectivity index (χ0n) is 15.1. The Balaban J connectivity index is 2.02. The summed E-state index contributed by atoms with van der Waals surface area (Å²) in [5, 5.41) is 21.3. The van der Waals surface area contributed by atoms with Crippen molar-refractivity contribution < 1.29 is 19.7 Å². The molecule has 3 aromatic rings. The van der Waals surface area contributed by atoms with E-state index < -0.39 is 5.60 Å². The van der Waals surface area contributed by atoms with Crippen LogP contribution in [0.25, 0.3) is 0 Å². The summed E-state index contributed by atoms with van der Waals surface area (Å²) in [6, 6.07) is 3.70. The summed E-state index contributed by atoms with van der Waals surface area (Å²) in [6.07, 6.45) is 0. The topological polar surface area (TPSA) is 58.9 Å². The molecule has 0 fully saturated rings. The van der Waals surface area contributed by atoms with E-state index in [9.17, 15) is 10.2 Å². The Morgan fingerprint density at radius 2 is 1.41 bits per heavy atom. The summed E-state index contributed by atoms with van der Waals surface area (Å²) in [5.74, 6) is 0.786. The number of aromatic hydroxyl groups is 2. The highest BCUT2D eigenvalue weighted by Crippen LogP contribution is 2.64. The molecule has 3 aromatic carbocycles. The summed E-state index contributed by atoms with van der Waals surface area (Å²) in [4.78, 5) is 0. The lowest BCUT2D eigenvalue weighted by molar-refractivity contribution is 0.0192. The second-order valence-electron chi connectivity index (χ2n) is 6.98. The molecule has 0 radical (unpaired) electrons. The van der Waals surface area contributed by atoms with Crippen LogP contribution in [-0.4, -0.2) is 10.2 Å². The minimum absolute atomic E-state index is 0.0650. The largest absolute Gasteiger partial charge is 0.506 e. The Labute approximate surface area is 262 Å². The molecule has 1 spiro atoms. The quantitative estimate of drug-likeness (QED) is 0.134. The third-order valence-electron chi connectivity index (χ3n) is 5.41. The van der Waals surface area contributed by atoms with Crippen molar-refractivity contribution >= 4 is 143 Å². The van der Waals surface area contributed by atoms with E-state index in [-0.39, 0.29) is 16.5 Å². The molecular weight excluding hydrogens is 1040 g/mol. The maximum atomic E-state index is 10.6. The maximum absolute atomic E-state index is 10.6. The summed E-state index contributed by atoms with van der Waals surface area (Å²) in [5.41, 5.74) is 2.18. The highest BCUT2D eigenvalue weighted by Gasteiger charge is 2.54. The van der Waals surface area contributed by atoms with Gasteiger partial charge in [0, 0.05) is 40.1 Å². The molecule has 4 nitrogen and oxygen atoms in total. The number of rotatable bonds is 0. The Morgan fingerprint density at radius 1 is 0.844 bits per heavy atom. The van der Waals surface area contributed by atoms with Crippen molar-refractivity contribution in [3.05, 3.63) is 68.0 Å². The van der Waals surface area contributed by atoms with E-state index in [0.717, 1.165) is 34.6 Å². The van der Waals surface area contributed by atoms with Gasteiger partial charge < -0.3 is 19.7 Å². The molecule has 166 valence electrons. The van der Waals surface area contributed by atoms with Crippen LogP contribution in [0.5, 0.6) is 23.0 Å². The standard InChI is InChI=1S/C20H6Br4ClI3O4/c21-10-4-3-31-20(9(4)11(22)13(24)12(10)23)5-1-7(26)16(29)14(25)18(5)32-19-6(20)2-8(27)17(30)15(19)28/h1-2,29-30H,3H2. The highest BCUT2D eigenvalue weighted by molar-refractivity contribution is 14.1. The number of phenolic OH excluding ortho intramolecular Hbond substituents is 2. The summed E-state index contributed by atoms with van der Waals surface area (Å²) in [6.45, 7) is 0.322. The van der Waals surface area contributed by atoms with E-state index in [1.807, 2.05) is 34.7 Å². The van der Waals surface area contributed by atoms with E-state index in [4.69, 9.17) is 21.1 Å². The lowest BCUT2D eigenvalue weighted by Crippen LogP contribution is -2.33. The van der Waals surface area contributed by atoms with Gasteiger partial charge in [-0.2, -0.15) is 0 Å². The Morgan fingerprint density at radius 3 is 2.06 bits per heavy atom. The van der Waals surface area contributed by atoms with Crippen LogP contribution in [0.3, 0.4) is 0 Å². The smallest absolute Gasteiger partial charge is 0.156 e. The van der Waals surface area contributed by atoms with Gasteiger partial charge in [0.05, 0.1) is 17.3 Å². The number of benzene rings is 3. The van der Waals surface area contributed by atoms with Crippen LogP contribution in [0, 0.1) is 10.7 Å². The second kappa shape index (κ2) is 8.77. The molecule has 0 aromatic heterocycles. The van der Waals surface area contributed by atoms with Crippen LogP contribution in [0.2, 0.25) is 5.02 Å². The van der Waals surface area contributed by atoms with Crippen molar-refractivity contribution in [1.29, 1.82) is 0 Å². The fraction of sp³-hybridized carbons (Fsp3) is 0.100. The van der Waals surface area contributed by atoms with Crippen molar-refractivity contribution in [3.8, 4) is 23.0 Å². The predicted octanol–water partition coefficient (Wildman–Crippen LogP) is 9.54. The van der Waals surface area contributed by atoms with Gasteiger partial charge in [0.1, 0.15) is 10.8 Å². The summed E-state index contributed by atoms with van der Waals surface area (Å²) in [7, 11) is 0. The van der Waals surface area contributed by atoms with Crippen LogP contribution in [0.4, 0.5) is 0 Å². The molecular formula is C20H6Br4ClI3O4. The van der Waals surface area contributed by atoms with Crippen LogP contribution < -0.4 is 4.74 Å². The maximum Gasteiger partial charge on any atom is 0.156 e. The first-order chi connectivity index (χ1) is 15.0. The third-order valence-corrected chi connectivity index (χ3v) is 13.3. The first-order valence-corrected chi connectivity index (χ1v) is 15.4. The number of hydrogen-bond acceptors (Lipinski definition) is 4.